The molecular weight excluding hydrogens is 455 g/mol. The van der Waals surface area contributed by atoms with E-state index < -0.39 is 10.0 Å². The first kappa shape index (κ1) is 21.8. The first-order valence-corrected chi connectivity index (χ1v) is 11.6. The van der Waals surface area contributed by atoms with Crippen LogP contribution in [0.3, 0.4) is 0 Å². The topological polar surface area (TPSA) is 107 Å². The summed E-state index contributed by atoms with van der Waals surface area (Å²) in [5, 5.41) is 13.3. The number of hydrogen-bond acceptors (Lipinski definition) is 5. The van der Waals surface area contributed by atoms with E-state index in [1.165, 1.54) is 6.07 Å². The summed E-state index contributed by atoms with van der Waals surface area (Å²) in [5.74, 6) is -0.199. The number of benzene rings is 1. The van der Waals surface area contributed by atoms with Crippen molar-refractivity contribution in [1.82, 2.24) is 15.1 Å². The quantitative estimate of drug-likeness (QED) is 0.573. The Balaban J connectivity index is 1.71. The molecule has 3 rings (SSSR count). The number of halogens is 2. The third-order valence-corrected chi connectivity index (χ3v) is 7.57. The summed E-state index contributed by atoms with van der Waals surface area (Å²) in [6.45, 7) is 3.93. The minimum absolute atomic E-state index is 0.0661. The number of aryl methyl sites for hydroxylation is 1. The molecule has 0 aliphatic heterocycles. The lowest BCUT2D eigenvalue weighted by molar-refractivity contribution is -0.120. The van der Waals surface area contributed by atoms with Crippen molar-refractivity contribution >= 4 is 50.5 Å². The van der Waals surface area contributed by atoms with E-state index in [1.807, 2.05) is 13.8 Å². The van der Waals surface area contributed by atoms with Gasteiger partial charge < -0.3 is 5.32 Å². The first-order chi connectivity index (χ1) is 13.6. The van der Waals surface area contributed by atoms with Gasteiger partial charge in [-0.2, -0.15) is 5.10 Å². The Morgan fingerprint density at radius 3 is 2.55 bits per heavy atom. The number of thiophene rings is 1. The van der Waals surface area contributed by atoms with E-state index in [4.69, 9.17) is 28.3 Å². The molecule has 1 amide bonds. The summed E-state index contributed by atoms with van der Waals surface area (Å²) in [5.41, 5.74) is 3.12. The number of hydrogen-bond donors (Lipinski definition) is 2. The van der Waals surface area contributed by atoms with Gasteiger partial charge >= 0.3 is 0 Å². The number of carbonyl (C=O) groups is 1. The Morgan fingerprint density at radius 2 is 1.93 bits per heavy atom. The van der Waals surface area contributed by atoms with Gasteiger partial charge in [0.15, 0.2) is 0 Å². The predicted molar refractivity (Wildman–Crippen MR) is 114 cm³/mol. The van der Waals surface area contributed by atoms with E-state index in [9.17, 15) is 13.2 Å². The standard InChI is InChI=1S/C18H18Cl2N4O3S2/c1-10-14(11(2)24(23-10)12-3-5-15(19)16(20)7-12)8-17(25)22-9-13-4-6-18(28-13)29(21,26)27/h3-7H,8-9H2,1-2H3,(H,22,25)(H2,21,26,27). The average molecular weight is 473 g/mol. The largest absolute Gasteiger partial charge is 0.351 e. The van der Waals surface area contributed by atoms with E-state index in [-0.39, 0.29) is 23.1 Å². The minimum Gasteiger partial charge on any atom is -0.351 e. The summed E-state index contributed by atoms with van der Waals surface area (Å²) in [7, 11) is -3.73. The first-order valence-electron chi connectivity index (χ1n) is 8.45. The molecule has 3 aromatic rings. The second-order valence-electron chi connectivity index (χ2n) is 6.38. The highest BCUT2D eigenvalue weighted by Gasteiger charge is 2.17. The number of aromatic nitrogens is 2. The van der Waals surface area contributed by atoms with Crippen molar-refractivity contribution < 1.29 is 13.2 Å². The van der Waals surface area contributed by atoms with Crippen molar-refractivity contribution in [3.05, 3.63) is 62.2 Å². The number of carbonyl (C=O) groups excluding carboxylic acids is 1. The van der Waals surface area contributed by atoms with Crippen LogP contribution in [0.2, 0.25) is 10.0 Å². The highest BCUT2D eigenvalue weighted by Crippen LogP contribution is 2.26. The van der Waals surface area contributed by atoms with Crippen LogP contribution in [0.15, 0.2) is 34.5 Å². The monoisotopic (exact) mass is 472 g/mol. The van der Waals surface area contributed by atoms with Crippen LogP contribution in [0.25, 0.3) is 5.69 Å². The van der Waals surface area contributed by atoms with Crippen LogP contribution < -0.4 is 10.5 Å². The summed E-state index contributed by atoms with van der Waals surface area (Å²) >= 11 is 13.1. The molecule has 0 saturated heterocycles. The number of nitrogens with zero attached hydrogens (tertiary/aromatic N) is 2. The van der Waals surface area contributed by atoms with Crippen molar-refractivity contribution in [2.24, 2.45) is 5.14 Å². The second-order valence-corrected chi connectivity index (χ2v) is 10.1. The highest BCUT2D eigenvalue weighted by molar-refractivity contribution is 7.91. The second kappa shape index (κ2) is 8.45. The molecule has 0 aliphatic carbocycles. The fourth-order valence-electron chi connectivity index (χ4n) is 2.81. The fourth-order valence-corrected chi connectivity index (χ4v) is 4.82. The van der Waals surface area contributed by atoms with Crippen molar-refractivity contribution in [1.29, 1.82) is 0 Å². The van der Waals surface area contributed by atoms with Crippen molar-refractivity contribution in [2.45, 2.75) is 31.0 Å². The maximum absolute atomic E-state index is 12.4. The molecule has 2 heterocycles. The highest BCUT2D eigenvalue weighted by atomic mass is 35.5. The molecule has 3 N–H and O–H groups in total. The molecule has 0 atom stereocenters. The van der Waals surface area contributed by atoms with Gasteiger partial charge in [0.1, 0.15) is 4.21 Å². The molecule has 0 spiro atoms. The number of rotatable bonds is 6. The SMILES string of the molecule is Cc1nn(-c2ccc(Cl)c(Cl)c2)c(C)c1CC(=O)NCc1ccc(S(N)(=O)=O)s1. The van der Waals surface area contributed by atoms with Crippen molar-refractivity contribution in [3.63, 3.8) is 0 Å². The lowest BCUT2D eigenvalue weighted by Gasteiger charge is -2.07. The van der Waals surface area contributed by atoms with Crippen LogP contribution in [-0.2, 0) is 27.8 Å². The van der Waals surface area contributed by atoms with Gasteiger partial charge in [0.25, 0.3) is 0 Å². The molecular formula is C18H18Cl2N4O3S2. The van der Waals surface area contributed by atoms with Crippen LogP contribution in [-0.4, -0.2) is 24.1 Å². The lowest BCUT2D eigenvalue weighted by Crippen LogP contribution is -2.24. The third-order valence-electron chi connectivity index (χ3n) is 4.30. The fraction of sp³-hybridized carbons (Fsp3) is 0.222. The smallest absolute Gasteiger partial charge is 0.247 e. The summed E-state index contributed by atoms with van der Waals surface area (Å²) in [6.07, 6.45) is 0.145. The normalized spacial score (nSPS) is 11.6. The van der Waals surface area contributed by atoms with Crippen molar-refractivity contribution in [3.8, 4) is 5.69 Å². The molecule has 11 heteroatoms. The van der Waals surface area contributed by atoms with E-state index >= 15 is 0 Å². The van der Waals surface area contributed by atoms with Crippen LogP contribution >= 0.6 is 34.5 Å². The van der Waals surface area contributed by atoms with Gasteiger partial charge in [0.2, 0.25) is 15.9 Å². The van der Waals surface area contributed by atoms with Crippen LogP contribution in [0.4, 0.5) is 0 Å². The molecule has 7 nitrogen and oxygen atoms in total. The molecule has 154 valence electrons. The average Bonchev–Trinajstić information content (AvgIpc) is 3.23. The molecule has 0 fully saturated rings. The predicted octanol–water partition coefficient (Wildman–Crippen LogP) is 3.36. The number of nitrogens with one attached hydrogen (secondary N) is 1. The maximum Gasteiger partial charge on any atom is 0.247 e. The maximum atomic E-state index is 12.4. The minimum atomic E-state index is -3.73. The van der Waals surface area contributed by atoms with Gasteiger partial charge in [-0.3, -0.25) is 4.79 Å². The summed E-state index contributed by atoms with van der Waals surface area (Å²) in [4.78, 5) is 13.1. The summed E-state index contributed by atoms with van der Waals surface area (Å²) < 4.78 is 24.5. The van der Waals surface area contributed by atoms with Gasteiger partial charge in [-0.1, -0.05) is 23.2 Å². The van der Waals surface area contributed by atoms with Crippen molar-refractivity contribution in [2.75, 3.05) is 0 Å². The summed E-state index contributed by atoms with van der Waals surface area (Å²) in [6, 6.07) is 8.27. The molecule has 0 bridgehead atoms. The molecule has 29 heavy (non-hydrogen) atoms. The van der Waals surface area contributed by atoms with E-state index in [2.05, 4.69) is 10.4 Å². The van der Waals surface area contributed by atoms with E-state index in [0.717, 1.165) is 34.0 Å². The van der Waals surface area contributed by atoms with Gasteiger partial charge in [0, 0.05) is 16.1 Å². The van der Waals surface area contributed by atoms with Gasteiger partial charge in [-0.15, -0.1) is 11.3 Å². The van der Waals surface area contributed by atoms with E-state index in [1.54, 1.807) is 28.9 Å². The van der Waals surface area contributed by atoms with Crippen LogP contribution in [0.1, 0.15) is 21.8 Å². The lowest BCUT2D eigenvalue weighted by atomic mass is 10.1. The van der Waals surface area contributed by atoms with Gasteiger partial charge in [0.05, 0.1) is 34.4 Å². The zero-order valence-electron chi connectivity index (χ0n) is 15.6. The Hall–Kier alpha value is -1.91. The Kier molecular flexibility index (Phi) is 6.35. The van der Waals surface area contributed by atoms with Gasteiger partial charge in [-0.25, -0.2) is 18.2 Å². The third kappa shape index (κ3) is 4.99. The molecule has 0 aliphatic rings. The Morgan fingerprint density at radius 1 is 1.21 bits per heavy atom. The van der Waals surface area contributed by atoms with Crippen LogP contribution in [0, 0.1) is 13.8 Å². The van der Waals surface area contributed by atoms with E-state index in [0.29, 0.717) is 14.9 Å². The zero-order chi connectivity index (χ0) is 21.3. The number of primary sulfonamides is 1. The number of nitrogens with two attached hydrogens (primary N) is 1. The Labute approximate surface area is 182 Å². The van der Waals surface area contributed by atoms with Gasteiger partial charge in [-0.05, 0) is 44.2 Å². The Bertz CT molecular complexity index is 1190. The molecule has 0 unspecified atom stereocenters. The zero-order valence-corrected chi connectivity index (χ0v) is 18.7. The number of amides is 1. The molecule has 0 saturated carbocycles. The molecule has 0 radical (unpaired) electrons. The molecule has 1 aromatic carbocycles. The molecule has 2 aromatic heterocycles. The number of sulfonamides is 1. The van der Waals surface area contributed by atoms with Crippen LogP contribution in [0.5, 0.6) is 0 Å².